The van der Waals surface area contributed by atoms with E-state index in [1.165, 1.54) is 21.6 Å². The lowest BCUT2D eigenvalue weighted by molar-refractivity contribution is -0.151. The zero-order chi connectivity index (χ0) is 54.4. The molecule has 406 valence electrons. The number of amides is 6. The van der Waals surface area contributed by atoms with Crippen molar-refractivity contribution in [1.82, 2.24) is 34.9 Å². The van der Waals surface area contributed by atoms with Crippen molar-refractivity contribution in [2.24, 2.45) is 24.3 Å². The maximum absolute atomic E-state index is 14.9. The number of carbonyl (C=O) groups excluding carboxylic acids is 6. The van der Waals surface area contributed by atoms with E-state index in [9.17, 15) is 56.7 Å². The fourth-order valence-electron chi connectivity index (χ4n) is 11.4. The van der Waals surface area contributed by atoms with E-state index < -0.39 is 72.2 Å². The average Bonchev–Trinajstić information content (AvgIpc) is 4.10. The highest BCUT2D eigenvalue weighted by Crippen LogP contribution is 2.59. The number of fused-ring (bicyclic) bond motifs is 2. The Kier molecular flexibility index (Phi) is 15.6. The number of ether oxygens (including phenoxy) is 1. The van der Waals surface area contributed by atoms with Crippen molar-refractivity contribution < 1.29 is 56.6 Å². The number of alkyl halides is 2. The summed E-state index contributed by atoms with van der Waals surface area (Å²) >= 11 is 0.956. The highest BCUT2D eigenvalue weighted by molar-refractivity contribution is 7.52. The highest BCUT2D eigenvalue weighted by atomic mass is 32.1. The van der Waals surface area contributed by atoms with Crippen LogP contribution >= 0.6 is 18.9 Å². The lowest BCUT2D eigenvalue weighted by Crippen LogP contribution is -2.61. The summed E-state index contributed by atoms with van der Waals surface area (Å²) in [6, 6.07) is 16.0. The molecular weight excluding hydrogens is 1020 g/mol. The molecule has 5 atom stereocenters. The zero-order valence-electron chi connectivity index (χ0n) is 42.8. The summed E-state index contributed by atoms with van der Waals surface area (Å²) in [4.78, 5) is 117. The Morgan fingerprint density at radius 2 is 1.62 bits per heavy atom. The Balaban J connectivity index is 0.857. The number of piperidine rings is 1. The molecule has 4 fully saturated rings. The van der Waals surface area contributed by atoms with Gasteiger partial charge in [0.05, 0.1) is 35.1 Å². The summed E-state index contributed by atoms with van der Waals surface area (Å²) in [6.07, 6.45) is 5.69. The van der Waals surface area contributed by atoms with Crippen LogP contribution in [-0.2, 0) is 52.4 Å². The van der Waals surface area contributed by atoms with Gasteiger partial charge >= 0.3 is 18.9 Å². The Bertz CT molecular complexity index is 3180. The fourth-order valence-corrected chi connectivity index (χ4v) is 12.8. The number of aromatic nitrogens is 2. The quantitative estimate of drug-likeness (QED) is 0.0601. The number of morpholine rings is 1. The van der Waals surface area contributed by atoms with Crippen molar-refractivity contribution in [3.63, 3.8) is 0 Å². The van der Waals surface area contributed by atoms with Crippen LogP contribution in [0.4, 0.5) is 8.78 Å². The molecule has 18 nitrogen and oxygen atoms in total. The first kappa shape index (κ1) is 54.7. The van der Waals surface area contributed by atoms with Crippen LogP contribution in [0.3, 0.4) is 0 Å². The predicted molar refractivity (Wildman–Crippen MR) is 279 cm³/mol. The number of carbonyl (C=O) groups is 6. The van der Waals surface area contributed by atoms with Gasteiger partial charge < -0.3 is 35.0 Å². The van der Waals surface area contributed by atoms with E-state index in [-0.39, 0.29) is 85.6 Å². The van der Waals surface area contributed by atoms with Crippen molar-refractivity contribution in [2.75, 3.05) is 26.2 Å². The maximum atomic E-state index is 14.9. The van der Waals surface area contributed by atoms with E-state index >= 15 is 0 Å². The largest absolute Gasteiger partial charge is 0.399 e. The summed E-state index contributed by atoms with van der Waals surface area (Å²) in [7, 11) is -4.17. The van der Waals surface area contributed by atoms with E-state index in [0.717, 1.165) is 72.2 Å². The molecule has 1 unspecified atom stereocenters. The molecule has 0 bridgehead atoms. The van der Waals surface area contributed by atoms with Crippen LogP contribution in [0.1, 0.15) is 117 Å². The van der Waals surface area contributed by atoms with Crippen LogP contribution in [0.2, 0.25) is 0 Å². The van der Waals surface area contributed by atoms with Gasteiger partial charge in [0.15, 0.2) is 0 Å². The Hall–Kier alpha value is -6.12. The molecule has 6 amide bonds. The van der Waals surface area contributed by atoms with E-state index in [1.807, 2.05) is 48.5 Å². The number of benzene rings is 3. The van der Waals surface area contributed by atoms with Gasteiger partial charge in [-0.25, -0.2) is 4.79 Å². The fraction of sp³-hybridized carbons (Fsp3) is 0.500. The summed E-state index contributed by atoms with van der Waals surface area (Å²) in [5.41, 5.74) is -3.26. The number of hydrogen-bond acceptors (Lipinski definition) is 10. The molecule has 5 heterocycles. The molecule has 5 N–H and O–H groups in total. The lowest BCUT2D eigenvalue weighted by atomic mass is 9.77. The average molecular weight is 1090 g/mol. The second kappa shape index (κ2) is 21.7. The van der Waals surface area contributed by atoms with Gasteiger partial charge in [0.25, 0.3) is 5.91 Å². The number of imidazole rings is 1. The third-order valence-corrected chi connectivity index (χ3v) is 17.7. The van der Waals surface area contributed by atoms with Crippen LogP contribution in [0.15, 0.2) is 77.6 Å². The smallest absolute Gasteiger partial charge is 0.370 e. The van der Waals surface area contributed by atoms with Gasteiger partial charge in [-0.05, 0) is 103 Å². The summed E-state index contributed by atoms with van der Waals surface area (Å²) < 4.78 is 50.3. The molecule has 3 aromatic carbocycles. The van der Waals surface area contributed by atoms with E-state index in [1.54, 1.807) is 37.3 Å². The summed E-state index contributed by atoms with van der Waals surface area (Å²) in [5.74, 6) is -1.96. The van der Waals surface area contributed by atoms with Gasteiger partial charge in [0, 0.05) is 43.2 Å². The number of likely N-dealkylation sites (tertiary alicyclic amines) is 1. The van der Waals surface area contributed by atoms with Crippen LogP contribution in [-0.4, -0.2) is 109 Å². The SMILES string of the molecule is Cn1c(=O)n(C2CCC(=O)NC2=O)c2ccc(CC3CCC(CCC(=O)N[C@@H]4CCN(C(=O)[C@@H](NC(=O)c5cc6cc(C(F)(F)P(=O)(O)O)ccc6s5)C(C)(C)C)[C@@H]4C(=O)N4CCO[C@H](c5ccccc5)C4)CC3)cc21. The number of thiophene rings is 1. The number of nitrogens with one attached hydrogen (secondary N) is 3. The molecule has 4 aliphatic rings. The normalized spacial score (nSPS) is 23.2. The predicted octanol–water partition coefficient (Wildman–Crippen LogP) is 6.42. The monoisotopic (exact) mass is 1090 g/mol. The van der Waals surface area contributed by atoms with E-state index in [2.05, 4.69) is 16.0 Å². The molecule has 1 aliphatic carbocycles. The molecule has 2 aromatic heterocycles. The van der Waals surface area contributed by atoms with Crippen LogP contribution < -0.4 is 21.6 Å². The van der Waals surface area contributed by atoms with Gasteiger partial charge in [0.1, 0.15) is 24.2 Å². The maximum Gasteiger partial charge on any atom is 0.399 e. The number of aryl methyl sites for hydroxylation is 1. The Morgan fingerprint density at radius 1 is 0.895 bits per heavy atom. The first-order valence-electron chi connectivity index (χ1n) is 25.9. The van der Waals surface area contributed by atoms with Crippen LogP contribution in [0, 0.1) is 17.3 Å². The second-order valence-corrected chi connectivity index (χ2v) is 24.6. The van der Waals surface area contributed by atoms with Crippen molar-refractivity contribution in [2.45, 2.75) is 121 Å². The third-order valence-electron chi connectivity index (χ3n) is 15.6. The Labute approximate surface area is 441 Å². The first-order chi connectivity index (χ1) is 36.0. The van der Waals surface area contributed by atoms with Crippen LogP contribution in [0.5, 0.6) is 0 Å². The molecule has 76 heavy (non-hydrogen) atoms. The van der Waals surface area contributed by atoms with E-state index in [4.69, 9.17) is 4.74 Å². The number of nitrogens with zero attached hydrogens (tertiary/aromatic N) is 4. The molecule has 0 spiro atoms. The van der Waals surface area contributed by atoms with Crippen molar-refractivity contribution in [3.05, 3.63) is 105 Å². The third kappa shape index (κ3) is 11.3. The first-order valence-corrected chi connectivity index (χ1v) is 28.3. The molecule has 3 saturated heterocycles. The number of rotatable bonds is 14. The summed E-state index contributed by atoms with van der Waals surface area (Å²) in [6.45, 7) is 6.10. The van der Waals surface area contributed by atoms with Gasteiger partial charge in [-0.1, -0.05) is 76.1 Å². The lowest BCUT2D eigenvalue weighted by Gasteiger charge is -2.40. The van der Waals surface area contributed by atoms with Crippen molar-refractivity contribution >= 4 is 75.5 Å². The zero-order valence-corrected chi connectivity index (χ0v) is 44.5. The second-order valence-electron chi connectivity index (χ2n) is 21.8. The number of halogens is 2. The molecule has 1 saturated carbocycles. The van der Waals surface area contributed by atoms with Crippen LogP contribution in [0.25, 0.3) is 21.1 Å². The topological polar surface area (TPSA) is 239 Å². The van der Waals surface area contributed by atoms with E-state index in [0.29, 0.717) is 28.5 Å². The minimum Gasteiger partial charge on any atom is -0.370 e. The molecule has 22 heteroatoms. The Morgan fingerprint density at radius 3 is 2.32 bits per heavy atom. The summed E-state index contributed by atoms with van der Waals surface area (Å²) in [5, 5.41) is 8.47. The minimum absolute atomic E-state index is 0.0640. The highest BCUT2D eigenvalue weighted by Gasteiger charge is 2.51. The molecule has 9 rings (SSSR count). The minimum atomic E-state index is -5.85. The molecule has 3 aliphatic heterocycles. The molecule has 0 radical (unpaired) electrons. The van der Waals surface area contributed by atoms with Crippen molar-refractivity contribution in [1.29, 1.82) is 0 Å². The van der Waals surface area contributed by atoms with Gasteiger partial charge in [0.2, 0.25) is 29.5 Å². The van der Waals surface area contributed by atoms with Crippen molar-refractivity contribution in [3.8, 4) is 0 Å². The van der Waals surface area contributed by atoms with Gasteiger partial charge in [-0.2, -0.15) is 8.78 Å². The van der Waals surface area contributed by atoms with Gasteiger partial charge in [-0.3, -0.25) is 47.8 Å². The number of imide groups is 1. The standard InChI is InChI=1S/C54H64F2N7O11PS/c1-53(2,3)47(59-49(67)43-29-35-28-36(16-19-42(35)76-43)54(55,56)75(71,72)73)51(69)62-23-22-37(46(62)50(68)61-24-25-74-41(30-61)34-8-6-5-7-9-34)57-44(64)20-15-31-10-12-32(13-11-31)26-33-14-17-38-40(27-33)60(4)52(70)63(38)39-18-21-45(65)58-48(39)66/h5-9,14,16-17,19,27-29,31-32,37,39,41,46-47H,10-13,15,18,20-26,30H2,1-4H3,(H,57,64)(H,59,67)(H,58,65,66)(H2,71,72,73)/t31?,32?,37-,39?,41+,46+,47-/m1/s1. The molecule has 5 aromatic rings. The van der Waals surface area contributed by atoms with Gasteiger partial charge in [-0.15, -0.1) is 11.3 Å². The number of hydrogen-bond donors (Lipinski definition) is 5. The molecular formula is C54H64F2N7O11PS.